The van der Waals surface area contributed by atoms with Crippen LogP contribution in [-0.4, -0.2) is 132 Å². The van der Waals surface area contributed by atoms with Gasteiger partial charge in [0, 0.05) is 63.1 Å². The third-order valence-corrected chi connectivity index (χ3v) is 23.5. The van der Waals surface area contributed by atoms with Crippen molar-refractivity contribution in [3.05, 3.63) is 236 Å². The number of hydrogen-bond donors (Lipinski definition) is 9. The van der Waals surface area contributed by atoms with Crippen molar-refractivity contribution in [2.24, 2.45) is 17.8 Å². The maximum absolute atomic E-state index is 15.4. The summed E-state index contributed by atoms with van der Waals surface area (Å²) in [5, 5.41) is 28.9. The van der Waals surface area contributed by atoms with Crippen LogP contribution in [0.15, 0.2) is 192 Å². The number of benzene rings is 6. The molecule has 0 radical (unpaired) electrons. The minimum atomic E-state index is -1.73. The van der Waals surface area contributed by atoms with Crippen LogP contribution in [0.25, 0.3) is 0 Å². The number of anilines is 2. The van der Waals surface area contributed by atoms with Crippen LogP contribution in [0, 0.1) is 17.8 Å². The lowest BCUT2D eigenvalue weighted by Gasteiger charge is -2.38. The number of nitrogens with one attached hydrogen (secondary N) is 9. The van der Waals surface area contributed by atoms with Gasteiger partial charge in [-0.05, 0) is 162 Å². The smallest absolute Gasteiger partial charge is 0.255 e. The fourth-order valence-electron chi connectivity index (χ4n) is 17.3. The van der Waals surface area contributed by atoms with E-state index < -0.39 is 69.9 Å². The average Bonchev–Trinajstić information content (AvgIpc) is 1.41. The van der Waals surface area contributed by atoms with E-state index in [9.17, 15) is 19.2 Å². The molecule has 9 atom stereocenters. The fourth-order valence-corrected chi connectivity index (χ4v) is 17.3. The zero-order valence-electron chi connectivity index (χ0n) is 64.2. The number of rotatable bonds is 39. The number of fused-ring (bicyclic) bond motifs is 2. The summed E-state index contributed by atoms with van der Waals surface area (Å²) < 4.78 is 0. The standard InChI is InChI=1S/C89H111N11O10/c1-5-62(6-2)81(104)95-75-63(37-31-36-60-32-15-8-16-33-60)47-49-69-51-54-73(99(69)85(75)108)84(107)98-89(67-42-23-12-24-43-67,68-44-25-13-26-45-68)87(110)94-57-30-29-56-93-78-77(79(102)80(78)103)92-55-28-14-27-46-74(101)88(65-38-19-10-20-39-65,66-40-21-11-22-41-66)97-83(106)72-53-52-70-50-48-64(59-91-58-61-34-17-9-18-35-61)76(86(109)100(70)72)96-82(105)71(7-3)90-4/h8-13,15-26,32-35,38-45,62-64,69-73,75-76,90-93H,5-7,14,27-31,36-37,46-59H2,1-4H3,(H,94,110)(H,95,104)(H,96,105)(H,97,106)(H,98,107)/t63-,64+,69-,70-,71-,72-,73?,75-,76-/m0/s1. The molecule has 4 aliphatic rings. The van der Waals surface area contributed by atoms with E-state index in [0.29, 0.717) is 151 Å². The zero-order valence-corrected chi connectivity index (χ0v) is 64.2. The zero-order chi connectivity index (χ0) is 77.6. The number of amides is 7. The third-order valence-electron chi connectivity index (χ3n) is 23.5. The van der Waals surface area contributed by atoms with Gasteiger partial charge in [-0.2, -0.15) is 0 Å². The molecule has 4 fully saturated rings. The van der Waals surface area contributed by atoms with Gasteiger partial charge >= 0.3 is 0 Å². The Bertz CT molecular complexity index is 3920. The maximum atomic E-state index is 15.4. The van der Waals surface area contributed by atoms with E-state index in [2.05, 4.69) is 60.0 Å². The number of likely N-dealkylation sites (N-methyl/N-ethyl adjacent to an activating group) is 1. The Labute approximate surface area is 647 Å². The molecule has 7 amide bonds. The van der Waals surface area contributed by atoms with Crippen molar-refractivity contribution >= 4 is 58.5 Å². The highest BCUT2D eigenvalue weighted by Crippen LogP contribution is 2.41. The predicted molar refractivity (Wildman–Crippen MR) is 429 cm³/mol. The Morgan fingerprint density at radius 3 is 1.37 bits per heavy atom. The van der Waals surface area contributed by atoms with Crippen molar-refractivity contribution in [2.75, 3.05) is 43.9 Å². The molecule has 0 saturated carbocycles. The van der Waals surface area contributed by atoms with Crippen molar-refractivity contribution in [1.82, 2.24) is 47.0 Å². The SMILES string of the molecule is CCC(CC)C(=O)N[C@@H]1C(=O)N2C(C(=O)NC(C(=O)NCCCCNc3c(NCCCCCC(=O)C(NC(=O)[C@@H]4CC[C@@H]5CC[C@H](CNCc6ccccc6)[C@H](NC(=O)[C@H](CC)NC)C(=O)N54)(c4ccccc4)c4ccccc4)c(=O)c3=O)(c3ccccc3)c3ccccc3)CC[C@@H]2CC[C@@H]1CCCc1ccccc1. The molecular weight excluding hydrogens is 1380 g/mol. The van der Waals surface area contributed by atoms with Gasteiger partial charge in [-0.1, -0.05) is 209 Å². The molecule has 110 heavy (non-hydrogen) atoms. The topological polar surface area (TPSA) is 285 Å². The maximum Gasteiger partial charge on any atom is 0.255 e. The Morgan fingerprint density at radius 1 is 0.455 bits per heavy atom. The van der Waals surface area contributed by atoms with Crippen LogP contribution in [0.5, 0.6) is 0 Å². The average molecular weight is 1490 g/mol. The highest BCUT2D eigenvalue weighted by atomic mass is 16.2. The second-order valence-corrected chi connectivity index (χ2v) is 30.3. The van der Waals surface area contributed by atoms with Crippen molar-refractivity contribution in [2.45, 2.75) is 209 Å². The number of aryl methyl sites for hydroxylation is 1. The van der Waals surface area contributed by atoms with Gasteiger partial charge in [0.15, 0.2) is 11.3 Å². The van der Waals surface area contributed by atoms with Crippen molar-refractivity contribution < 1.29 is 38.4 Å². The molecule has 0 aliphatic carbocycles. The first-order valence-electron chi connectivity index (χ1n) is 40.3. The highest BCUT2D eigenvalue weighted by molar-refractivity contribution is 6.01. The normalized spacial score (nSPS) is 20.2. The number of nitrogens with zero attached hydrogens (tertiary/aromatic N) is 2. The Balaban J connectivity index is 0.704. The van der Waals surface area contributed by atoms with E-state index in [1.165, 1.54) is 5.56 Å². The molecule has 4 heterocycles. The van der Waals surface area contributed by atoms with E-state index >= 15 is 28.8 Å². The van der Waals surface area contributed by atoms with Gasteiger partial charge in [-0.25, -0.2) is 0 Å². The Kier molecular flexibility index (Phi) is 28.7. The van der Waals surface area contributed by atoms with Crippen LogP contribution in [0.1, 0.15) is 176 Å². The first-order chi connectivity index (χ1) is 53.6. The molecule has 9 N–H and O–H groups in total. The summed E-state index contributed by atoms with van der Waals surface area (Å²) in [5.41, 5.74) is 0.176. The van der Waals surface area contributed by atoms with Gasteiger partial charge < -0.3 is 57.7 Å². The molecule has 0 spiro atoms. The summed E-state index contributed by atoms with van der Waals surface area (Å²) in [6.07, 6.45) is 11.3. The number of unbranched alkanes of at least 4 members (excludes halogenated alkanes) is 3. The molecule has 21 nitrogen and oxygen atoms in total. The van der Waals surface area contributed by atoms with Crippen LogP contribution < -0.4 is 58.7 Å². The monoisotopic (exact) mass is 1490 g/mol. The van der Waals surface area contributed by atoms with Crippen molar-refractivity contribution in [3.8, 4) is 0 Å². The Hall–Kier alpha value is -10.1. The quantitative estimate of drug-likeness (QED) is 0.0128. The Morgan fingerprint density at radius 2 is 0.882 bits per heavy atom. The minimum Gasteiger partial charge on any atom is -0.380 e. The summed E-state index contributed by atoms with van der Waals surface area (Å²) in [4.78, 5) is 149. The first-order valence-corrected chi connectivity index (χ1v) is 40.3. The molecule has 21 heteroatoms. The summed E-state index contributed by atoms with van der Waals surface area (Å²) in [6.45, 7) is 7.73. The van der Waals surface area contributed by atoms with Crippen LogP contribution >= 0.6 is 0 Å². The van der Waals surface area contributed by atoms with Gasteiger partial charge in [-0.15, -0.1) is 0 Å². The second-order valence-electron chi connectivity index (χ2n) is 30.3. The number of Topliss-reactive ketones (excluding diaryl/α,β-unsaturated/α-hetero) is 1. The molecular formula is C89H111N11O10. The molecule has 11 rings (SSSR count). The van der Waals surface area contributed by atoms with Crippen LogP contribution in [0.4, 0.5) is 11.4 Å². The van der Waals surface area contributed by atoms with Gasteiger partial charge in [0.1, 0.15) is 41.1 Å². The summed E-state index contributed by atoms with van der Waals surface area (Å²) in [5.74, 6) is -3.33. The van der Waals surface area contributed by atoms with Gasteiger partial charge in [-0.3, -0.25) is 47.9 Å². The minimum absolute atomic E-state index is 0.0678. The molecule has 0 aromatic heterocycles. The van der Waals surface area contributed by atoms with E-state index in [0.717, 1.165) is 24.8 Å². The second kappa shape index (κ2) is 39.0. The van der Waals surface area contributed by atoms with E-state index in [1.807, 2.05) is 166 Å². The van der Waals surface area contributed by atoms with Crippen LogP contribution in [0.3, 0.4) is 0 Å². The van der Waals surface area contributed by atoms with Crippen molar-refractivity contribution in [1.29, 1.82) is 0 Å². The van der Waals surface area contributed by atoms with Crippen LogP contribution in [-0.2, 0) is 62.4 Å². The van der Waals surface area contributed by atoms with Gasteiger partial charge in [0.25, 0.3) is 16.8 Å². The van der Waals surface area contributed by atoms with E-state index in [4.69, 9.17) is 0 Å². The molecule has 1 unspecified atom stereocenters. The van der Waals surface area contributed by atoms with Gasteiger partial charge in [0.05, 0.1) is 6.04 Å². The number of hydrogen-bond acceptors (Lipinski definition) is 14. The van der Waals surface area contributed by atoms with E-state index in [1.54, 1.807) is 41.1 Å². The van der Waals surface area contributed by atoms with Crippen LogP contribution in [0.2, 0.25) is 0 Å². The lowest BCUT2D eigenvalue weighted by molar-refractivity contribution is -0.145. The molecule has 7 aromatic rings. The third kappa shape index (κ3) is 18.7. The van der Waals surface area contributed by atoms with E-state index in [-0.39, 0.29) is 83.6 Å². The largest absolute Gasteiger partial charge is 0.380 e. The molecule has 0 bridgehead atoms. The van der Waals surface area contributed by atoms with Gasteiger partial charge in [0.2, 0.25) is 35.4 Å². The number of carbonyl (C=O) groups is 8. The lowest BCUT2D eigenvalue weighted by atomic mass is 9.77. The first kappa shape index (κ1) is 80.9. The molecule has 4 aliphatic heterocycles. The van der Waals surface area contributed by atoms with Crippen molar-refractivity contribution in [3.63, 3.8) is 0 Å². The molecule has 4 saturated heterocycles. The summed E-state index contributed by atoms with van der Waals surface area (Å²) in [7, 11) is 1.72. The summed E-state index contributed by atoms with van der Waals surface area (Å²) >= 11 is 0. The molecule has 582 valence electrons. The fraction of sp³-hybridized carbons (Fsp3) is 0.461. The summed E-state index contributed by atoms with van der Waals surface area (Å²) in [6, 6.07) is 52.2. The number of carbonyl (C=O) groups excluding carboxylic acids is 8. The lowest BCUT2D eigenvalue weighted by Crippen LogP contribution is -2.62. The molecule has 7 aromatic carbocycles. The predicted octanol–water partition coefficient (Wildman–Crippen LogP) is 10.0. The number of ketones is 1. The highest BCUT2D eigenvalue weighted by Gasteiger charge is 2.53.